The van der Waals surface area contributed by atoms with E-state index in [1.807, 2.05) is 24.3 Å². The molecule has 136 valence electrons. The van der Waals surface area contributed by atoms with Gasteiger partial charge >= 0.3 is 0 Å². The van der Waals surface area contributed by atoms with Gasteiger partial charge in [0.15, 0.2) is 5.65 Å². The fraction of sp³-hybridized carbons (Fsp3) is 0.381. The van der Waals surface area contributed by atoms with E-state index in [2.05, 4.69) is 11.2 Å². The topological polar surface area (TPSA) is 73.9 Å². The normalized spacial score (nSPS) is 17.9. The summed E-state index contributed by atoms with van der Waals surface area (Å²) in [5.41, 5.74) is 4.25. The van der Waals surface area contributed by atoms with Gasteiger partial charge in [-0.25, -0.2) is 4.98 Å². The number of nitrogens with one attached hydrogen (secondary N) is 1. The molecule has 1 aromatic carbocycles. The molecular weight excluding hydrogens is 360 g/mol. The van der Waals surface area contributed by atoms with Crippen LogP contribution in [0.1, 0.15) is 60.2 Å². The lowest BCUT2D eigenvalue weighted by Crippen LogP contribution is -2.22. The van der Waals surface area contributed by atoms with Crippen LogP contribution in [0.4, 0.5) is 0 Å². The molecule has 0 atom stereocenters. The number of aryl methyl sites for hydroxylation is 1. The van der Waals surface area contributed by atoms with Crippen molar-refractivity contribution in [3.05, 3.63) is 67.7 Å². The van der Waals surface area contributed by atoms with Gasteiger partial charge in [0.05, 0.1) is 11.4 Å². The van der Waals surface area contributed by atoms with E-state index in [1.54, 1.807) is 0 Å². The van der Waals surface area contributed by atoms with Crippen molar-refractivity contribution in [2.45, 2.75) is 50.4 Å². The standard InChI is InChI=1S/C21H19ClN4O/c22-14-8-6-13(7-9-14)21(10-11-21)18-16(12-23)19-24-17-5-3-1-2-4-15(17)20(27)26(19)25-18/h6-9,25H,1-5,10-11H2. The monoisotopic (exact) mass is 378 g/mol. The summed E-state index contributed by atoms with van der Waals surface area (Å²) in [7, 11) is 0. The third kappa shape index (κ3) is 2.44. The molecule has 2 heterocycles. The largest absolute Gasteiger partial charge is 0.291 e. The molecule has 5 rings (SSSR count). The second kappa shape index (κ2) is 5.97. The second-order valence-corrected chi connectivity index (χ2v) is 8.06. The number of nitriles is 1. The van der Waals surface area contributed by atoms with Gasteiger partial charge in [0, 0.05) is 16.0 Å². The number of hydrogen-bond donors (Lipinski definition) is 1. The van der Waals surface area contributed by atoms with Crippen LogP contribution in [0.3, 0.4) is 0 Å². The zero-order chi connectivity index (χ0) is 18.6. The van der Waals surface area contributed by atoms with Crippen LogP contribution in [0.25, 0.3) is 5.65 Å². The Morgan fingerprint density at radius 1 is 1.15 bits per heavy atom. The number of aromatic nitrogens is 3. The Morgan fingerprint density at radius 2 is 1.89 bits per heavy atom. The minimum absolute atomic E-state index is 0.0495. The Labute approximate surface area is 161 Å². The summed E-state index contributed by atoms with van der Waals surface area (Å²) in [6.45, 7) is 0. The molecule has 0 aliphatic heterocycles. The molecule has 0 radical (unpaired) electrons. The van der Waals surface area contributed by atoms with Crippen molar-refractivity contribution in [2.24, 2.45) is 0 Å². The molecule has 1 N–H and O–H groups in total. The van der Waals surface area contributed by atoms with Crippen LogP contribution in [0.5, 0.6) is 0 Å². The number of nitrogens with zero attached hydrogens (tertiary/aromatic N) is 3. The van der Waals surface area contributed by atoms with E-state index < -0.39 is 0 Å². The van der Waals surface area contributed by atoms with E-state index in [9.17, 15) is 10.1 Å². The van der Waals surface area contributed by atoms with Crippen LogP contribution in [0.15, 0.2) is 29.1 Å². The van der Waals surface area contributed by atoms with Gasteiger partial charge in [-0.15, -0.1) is 0 Å². The Morgan fingerprint density at radius 3 is 2.59 bits per heavy atom. The summed E-state index contributed by atoms with van der Waals surface area (Å²) in [6.07, 6.45) is 6.63. The van der Waals surface area contributed by atoms with Crippen LogP contribution in [0.2, 0.25) is 5.02 Å². The Bertz CT molecular complexity index is 1150. The average Bonchev–Trinajstić information content (AvgIpc) is 3.43. The first kappa shape index (κ1) is 16.6. The van der Waals surface area contributed by atoms with Crippen molar-refractivity contribution in [2.75, 3.05) is 0 Å². The Kier molecular flexibility index (Phi) is 3.66. The van der Waals surface area contributed by atoms with Crippen molar-refractivity contribution in [3.8, 4) is 6.07 Å². The van der Waals surface area contributed by atoms with E-state index in [4.69, 9.17) is 16.6 Å². The number of hydrogen-bond acceptors (Lipinski definition) is 3. The van der Waals surface area contributed by atoms with Gasteiger partial charge in [0.25, 0.3) is 5.56 Å². The van der Waals surface area contributed by atoms with Crippen LogP contribution < -0.4 is 5.56 Å². The number of aromatic amines is 1. The van der Waals surface area contributed by atoms with Crippen molar-refractivity contribution in [1.82, 2.24) is 14.6 Å². The van der Waals surface area contributed by atoms with Crippen LogP contribution in [-0.2, 0) is 18.3 Å². The smallest absolute Gasteiger partial charge is 0.276 e. The molecule has 2 aromatic heterocycles. The number of fused-ring (bicyclic) bond motifs is 2. The van der Waals surface area contributed by atoms with Crippen molar-refractivity contribution >= 4 is 17.2 Å². The lowest BCUT2D eigenvalue weighted by atomic mass is 9.90. The van der Waals surface area contributed by atoms with E-state index in [1.165, 1.54) is 4.52 Å². The first-order valence-electron chi connectivity index (χ1n) is 9.47. The fourth-order valence-electron chi connectivity index (χ4n) is 4.41. The van der Waals surface area contributed by atoms with E-state index in [0.29, 0.717) is 16.2 Å². The first-order chi connectivity index (χ1) is 13.1. The summed E-state index contributed by atoms with van der Waals surface area (Å²) in [5.74, 6) is 0. The molecule has 3 aromatic rings. The quantitative estimate of drug-likeness (QED) is 0.687. The van der Waals surface area contributed by atoms with Crippen molar-refractivity contribution in [3.63, 3.8) is 0 Å². The van der Waals surface area contributed by atoms with Gasteiger partial charge in [0.2, 0.25) is 0 Å². The van der Waals surface area contributed by atoms with Crippen molar-refractivity contribution in [1.29, 1.82) is 5.26 Å². The highest BCUT2D eigenvalue weighted by Gasteiger charge is 2.49. The molecule has 0 bridgehead atoms. The van der Waals surface area contributed by atoms with Gasteiger partial charge in [-0.1, -0.05) is 30.2 Å². The molecule has 5 nitrogen and oxygen atoms in total. The molecule has 6 heteroatoms. The Balaban J connectivity index is 1.75. The molecule has 1 fully saturated rings. The SMILES string of the molecule is N#Cc1c(C2(c3ccc(Cl)cc3)CC2)[nH]n2c(=O)c3c(nc12)CCCCC3. The zero-order valence-electron chi connectivity index (χ0n) is 14.9. The van der Waals surface area contributed by atoms with Crippen LogP contribution in [-0.4, -0.2) is 14.6 Å². The third-order valence-electron chi connectivity index (χ3n) is 6.04. The lowest BCUT2D eigenvalue weighted by molar-refractivity contribution is 0.707. The molecule has 2 aliphatic rings. The maximum Gasteiger partial charge on any atom is 0.276 e. The molecule has 0 saturated heterocycles. The van der Waals surface area contributed by atoms with Gasteiger partial charge in [-0.3, -0.25) is 9.89 Å². The molecular formula is C21H19ClN4O. The van der Waals surface area contributed by atoms with Gasteiger partial charge in [-0.2, -0.15) is 9.78 Å². The molecule has 27 heavy (non-hydrogen) atoms. The highest BCUT2D eigenvalue weighted by molar-refractivity contribution is 6.30. The van der Waals surface area contributed by atoms with Gasteiger partial charge < -0.3 is 0 Å². The third-order valence-corrected chi connectivity index (χ3v) is 6.29. The second-order valence-electron chi connectivity index (χ2n) is 7.62. The Hall–Kier alpha value is -2.58. The maximum atomic E-state index is 13.1. The minimum atomic E-state index is -0.257. The molecule has 0 unspecified atom stereocenters. The summed E-state index contributed by atoms with van der Waals surface area (Å²) >= 11 is 6.04. The number of halogens is 1. The van der Waals surface area contributed by atoms with Crippen LogP contribution >= 0.6 is 11.6 Å². The van der Waals surface area contributed by atoms with Gasteiger partial charge in [-0.05, 0) is 56.2 Å². The van der Waals surface area contributed by atoms with E-state index in [-0.39, 0.29) is 11.0 Å². The first-order valence-corrected chi connectivity index (χ1v) is 9.85. The molecule has 1 saturated carbocycles. The van der Waals surface area contributed by atoms with Crippen molar-refractivity contribution < 1.29 is 0 Å². The zero-order valence-corrected chi connectivity index (χ0v) is 15.6. The minimum Gasteiger partial charge on any atom is -0.291 e. The fourth-order valence-corrected chi connectivity index (χ4v) is 4.53. The highest BCUT2D eigenvalue weighted by Crippen LogP contribution is 2.54. The summed E-state index contributed by atoms with van der Waals surface area (Å²) < 4.78 is 1.49. The predicted molar refractivity (Wildman–Crippen MR) is 103 cm³/mol. The summed E-state index contributed by atoms with van der Waals surface area (Å²) in [4.78, 5) is 17.9. The van der Waals surface area contributed by atoms with E-state index in [0.717, 1.165) is 67.5 Å². The molecule has 2 aliphatic carbocycles. The summed E-state index contributed by atoms with van der Waals surface area (Å²) in [6, 6.07) is 10.1. The highest BCUT2D eigenvalue weighted by atomic mass is 35.5. The lowest BCUT2D eigenvalue weighted by Gasteiger charge is -2.14. The summed E-state index contributed by atoms with van der Waals surface area (Å²) in [5, 5.41) is 13.8. The predicted octanol–water partition coefficient (Wildman–Crippen LogP) is 3.90. The number of benzene rings is 1. The molecule has 0 spiro atoms. The van der Waals surface area contributed by atoms with Gasteiger partial charge in [0.1, 0.15) is 11.6 Å². The molecule has 0 amide bonds. The average molecular weight is 379 g/mol. The van der Waals surface area contributed by atoms with Crippen LogP contribution in [0, 0.1) is 11.3 Å². The van der Waals surface area contributed by atoms with E-state index >= 15 is 0 Å². The maximum absolute atomic E-state index is 13.1. The number of H-pyrrole nitrogens is 1. The number of rotatable bonds is 2.